The van der Waals surface area contributed by atoms with Crippen LogP contribution in [0.3, 0.4) is 0 Å². The lowest BCUT2D eigenvalue weighted by Gasteiger charge is -2.10. The van der Waals surface area contributed by atoms with E-state index in [9.17, 15) is 0 Å². The van der Waals surface area contributed by atoms with Crippen LogP contribution in [0.1, 0.15) is 46.2 Å². The molecule has 2 rings (SSSR count). The van der Waals surface area contributed by atoms with Crippen LogP contribution in [-0.2, 0) is 25.8 Å². The molecular formula is C17H28IN5S2. The molecule has 0 bridgehead atoms. The average molecular weight is 493 g/mol. The van der Waals surface area contributed by atoms with Crippen molar-refractivity contribution in [3.05, 3.63) is 31.7 Å². The fourth-order valence-electron chi connectivity index (χ4n) is 2.28. The van der Waals surface area contributed by atoms with Gasteiger partial charge in [-0.1, -0.05) is 13.8 Å². The first-order valence-electron chi connectivity index (χ1n) is 8.57. The highest BCUT2D eigenvalue weighted by Crippen LogP contribution is 2.18. The van der Waals surface area contributed by atoms with Crippen LogP contribution in [0, 0.1) is 6.92 Å². The highest BCUT2D eigenvalue weighted by molar-refractivity contribution is 14.0. The minimum Gasteiger partial charge on any atom is -0.357 e. The first-order valence-corrected chi connectivity index (χ1v) is 10.2. The Hall–Kier alpha value is -0.740. The number of aliphatic imine (C=N–C) groups is 1. The topological polar surface area (TPSA) is 62.2 Å². The lowest BCUT2D eigenvalue weighted by atomic mass is 10.3. The van der Waals surface area contributed by atoms with Gasteiger partial charge >= 0.3 is 0 Å². The van der Waals surface area contributed by atoms with Gasteiger partial charge in [-0.15, -0.1) is 46.7 Å². The zero-order chi connectivity index (χ0) is 17.4. The second-order valence-electron chi connectivity index (χ2n) is 5.41. The smallest absolute Gasteiger partial charge is 0.191 e. The fourth-order valence-corrected chi connectivity index (χ4v) is 4.09. The lowest BCUT2D eigenvalue weighted by molar-refractivity contribution is 0.793. The Morgan fingerprint density at radius 2 is 1.92 bits per heavy atom. The predicted octanol–water partition coefficient (Wildman–Crippen LogP) is 3.95. The van der Waals surface area contributed by atoms with E-state index < -0.39 is 0 Å². The third kappa shape index (κ3) is 7.18. The Bertz CT molecular complexity index is 666. The summed E-state index contributed by atoms with van der Waals surface area (Å²) in [4.78, 5) is 16.4. The van der Waals surface area contributed by atoms with E-state index in [0.29, 0.717) is 6.54 Å². The van der Waals surface area contributed by atoms with Crippen LogP contribution in [0.15, 0.2) is 11.2 Å². The Morgan fingerprint density at radius 3 is 2.52 bits per heavy atom. The van der Waals surface area contributed by atoms with Crippen molar-refractivity contribution in [1.82, 2.24) is 20.6 Å². The number of hydrogen-bond acceptors (Lipinski definition) is 5. The zero-order valence-corrected chi connectivity index (χ0v) is 19.3. The van der Waals surface area contributed by atoms with Crippen LogP contribution in [-0.4, -0.2) is 29.0 Å². The standard InChI is InChI=1S/C17H27N5S2.HI/c1-5-13-10-20-16(24-13)11-21-17(18-7-3)19-9-8-15-22-14(6-2)12(4)23-15;/h10H,5-9,11H2,1-4H3,(H2,18,19,21);1H. The van der Waals surface area contributed by atoms with Crippen molar-refractivity contribution >= 4 is 52.6 Å². The summed E-state index contributed by atoms with van der Waals surface area (Å²) in [5.41, 5.74) is 1.23. The first kappa shape index (κ1) is 22.3. The highest BCUT2D eigenvalue weighted by Gasteiger charge is 2.06. The fraction of sp³-hybridized carbons (Fsp3) is 0.588. The van der Waals surface area contributed by atoms with Crippen molar-refractivity contribution in [2.24, 2.45) is 4.99 Å². The Kier molecular flexibility index (Phi) is 10.5. The molecule has 0 aliphatic rings. The molecule has 5 nitrogen and oxygen atoms in total. The normalized spacial score (nSPS) is 11.3. The minimum atomic E-state index is 0. The molecule has 2 N–H and O–H groups in total. The van der Waals surface area contributed by atoms with Gasteiger partial charge in [0.15, 0.2) is 5.96 Å². The van der Waals surface area contributed by atoms with Crippen molar-refractivity contribution in [2.75, 3.05) is 13.1 Å². The summed E-state index contributed by atoms with van der Waals surface area (Å²) in [6.07, 6.45) is 4.92. The van der Waals surface area contributed by atoms with Crippen LogP contribution < -0.4 is 10.6 Å². The molecule has 8 heteroatoms. The Balaban J connectivity index is 0.00000312. The summed E-state index contributed by atoms with van der Waals surface area (Å²) in [5, 5.41) is 8.93. The van der Waals surface area contributed by atoms with E-state index in [4.69, 9.17) is 0 Å². The predicted molar refractivity (Wildman–Crippen MR) is 120 cm³/mol. The molecule has 0 atom stereocenters. The Labute approximate surface area is 175 Å². The molecule has 0 spiro atoms. The highest BCUT2D eigenvalue weighted by atomic mass is 127. The second kappa shape index (κ2) is 11.8. The molecule has 0 radical (unpaired) electrons. The Morgan fingerprint density at radius 1 is 1.12 bits per heavy atom. The van der Waals surface area contributed by atoms with Crippen LogP contribution in [0.5, 0.6) is 0 Å². The number of hydrogen-bond donors (Lipinski definition) is 2. The van der Waals surface area contributed by atoms with Gasteiger partial charge < -0.3 is 10.6 Å². The van der Waals surface area contributed by atoms with Crippen molar-refractivity contribution in [1.29, 1.82) is 0 Å². The van der Waals surface area contributed by atoms with Gasteiger partial charge in [0.05, 0.1) is 17.2 Å². The van der Waals surface area contributed by atoms with Gasteiger partial charge in [-0.2, -0.15) is 0 Å². The third-order valence-corrected chi connectivity index (χ3v) is 5.77. The molecule has 25 heavy (non-hydrogen) atoms. The summed E-state index contributed by atoms with van der Waals surface area (Å²) in [7, 11) is 0. The van der Waals surface area contributed by atoms with E-state index in [0.717, 1.165) is 43.3 Å². The molecule has 0 fully saturated rings. The zero-order valence-electron chi connectivity index (χ0n) is 15.4. The molecule has 0 aromatic carbocycles. The van der Waals surface area contributed by atoms with Gasteiger partial charge in [-0.05, 0) is 26.7 Å². The van der Waals surface area contributed by atoms with Crippen molar-refractivity contribution in [3.8, 4) is 0 Å². The number of halogens is 1. The van der Waals surface area contributed by atoms with Crippen LogP contribution >= 0.6 is 46.7 Å². The van der Waals surface area contributed by atoms with Crippen LogP contribution in [0.25, 0.3) is 0 Å². The largest absolute Gasteiger partial charge is 0.357 e. The van der Waals surface area contributed by atoms with Gasteiger partial charge in [0, 0.05) is 35.5 Å². The molecule has 2 heterocycles. The van der Waals surface area contributed by atoms with Gasteiger partial charge in [-0.3, -0.25) is 0 Å². The number of nitrogens with one attached hydrogen (secondary N) is 2. The maximum Gasteiger partial charge on any atom is 0.191 e. The first-order chi connectivity index (χ1) is 11.7. The number of aromatic nitrogens is 2. The molecule has 0 amide bonds. The number of nitrogens with zero attached hydrogens (tertiary/aromatic N) is 3. The van der Waals surface area contributed by atoms with E-state index in [1.807, 2.05) is 6.20 Å². The molecule has 2 aromatic heterocycles. The lowest BCUT2D eigenvalue weighted by Crippen LogP contribution is -2.38. The van der Waals surface area contributed by atoms with E-state index >= 15 is 0 Å². The van der Waals surface area contributed by atoms with E-state index in [2.05, 4.69) is 53.3 Å². The maximum absolute atomic E-state index is 4.69. The molecule has 0 aliphatic heterocycles. The number of guanidine groups is 1. The summed E-state index contributed by atoms with van der Waals surface area (Å²) in [5.74, 6) is 0.842. The van der Waals surface area contributed by atoms with E-state index in [-0.39, 0.29) is 24.0 Å². The quantitative estimate of drug-likeness (QED) is 0.332. The number of aryl methyl sites for hydroxylation is 3. The third-order valence-electron chi connectivity index (χ3n) is 3.57. The van der Waals surface area contributed by atoms with Crippen LogP contribution in [0.4, 0.5) is 0 Å². The van der Waals surface area contributed by atoms with Crippen molar-refractivity contribution in [2.45, 2.75) is 53.5 Å². The van der Waals surface area contributed by atoms with Gasteiger partial charge in [0.2, 0.25) is 0 Å². The minimum absolute atomic E-state index is 0. The molecule has 2 aromatic rings. The van der Waals surface area contributed by atoms with Gasteiger partial charge in [0.25, 0.3) is 0 Å². The number of thiazole rings is 2. The van der Waals surface area contributed by atoms with E-state index in [1.165, 1.54) is 20.5 Å². The SMILES string of the molecule is CCNC(=NCc1ncc(CC)s1)NCCc1nc(CC)c(C)s1.I. The molecule has 0 saturated heterocycles. The molecule has 0 saturated carbocycles. The summed E-state index contributed by atoms with van der Waals surface area (Å²) in [6.45, 7) is 10.8. The van der Waals surface area contributed by atoms with Crippen molar-refractivity contribution < 1.29 is 0 Å². The number of rotatable bonds is 8. The van der Waals surface area contributed by atoms with Gasteiger partial charge in [0.1, 0.15) is 5.01 Å². The average Bonchev–Trinajstić information content (AvgIpc) is 3.18. The van der Waals surface area contributed by atoms with E-state index in [1.54, 1.807) is 22.7 Å². The van der Waals surface area contributed by atoms with Gasteiger partial charge in [-0.25, -0.2) is 15.0 Å². The molecule has 140 valence electrons. The molecule has 0 aliphatic carbocycles. The summed E-state index contributed by atoms with van der Waals surface area (Å²) >= 11 is 3.54. The summed E-state index contributed by atoms with van der Waals surface area (Å²) < 4.78 is 0. The summed E-state index contributed by atoms with van der Waals surface area (Å²) in [6, 6.07) is 0. The van der Waals surface area contributed by atoms with Crippen LogP contribution in [0.2, 0.25) is 0 Å². The molecule has 0 unspecified atom stereocenters. The monoisotopic (exact) mass is 493 g/mol. The molecular weight excluding hydrogens is 465 g/mol. The van der Waals surface area contributed by atoms with Crippen molar-refractivity contribution in [3.63, 3.8) is 0 Å². The maximum atomic E-state index is 4.69. The second-order valence-corrected chi connectivity index (χ2v) is 7.90.